The molecule has 0 aromatic carbocycles. The van der Waals surface area contributed by atoms with Crippen molar-refractivity contribution in [1.82, 2.24) is 19.3 Å². The summed E-state index contributed by atoms with van der Waals surface area (Å²) in [7, 11) is -4.10. The molecule has 0 saturated heterocycles. The topological polar surface area (TPSA) is 117 Å². The lowest BCUT2D eigenvalue weighted by atomic mass is 10.1. The van der Waals surface area contributed by atoms with Gasteiger partial charge in [0, 0.05) is 17.8 Å². The molecule has 8 nitrogen and oxygen atoms in total. The molecule has 3 heterocycles. The van der Waals surface area contributed by atoms with E-state index in [1.54, 1.807) is 13.8 Å². The summed E-state index contributed by atoms with van der Waals surface area (Å²) < 4.78 is 28.3. The molecule has 1 amide bonds. The lowest BCUT2D eigenvalue weighted by Crippen LogP contribution is -2.30. The molecule has 28 heavy (non-hydrogen) atoms. The van der Waals surface area contributed by atoms with Crippen molar-refractivity contribution in [2.45, 2.75) is 31.6 Å². The Balaban J connectivity index is 1.78. The predicted molar refractivity (Wildman–Crippen MR) is 105 cm³/mol. The van der Waals surface area contributed by atoms with E-state index in [-0.39, 0.29) is 26.4 Å². The maximum atomic E-state index is 12.3. The van der Waals surface area contributed by atoms with Gasteiger partial charge in [0.25, 0.3) is 10.0 Å². The van der Waals surface area contributed by atoms with E-state index in [1.165, 1.54) is 16.8 Å². The van der Waals surface area contributed by atoms with Crippen LogP contribution in [0.1, 0.15) is 28.9 Å². The summed E-state index contributed by atoms with van der Waals surface area (Å²) in [6.45, 7) is 3.56. The van der Waals surface area contributed by atoms with Crippen LogP contribution in [0, 0.1) is 25.2 Å². The van der Waals surface area contributed by atoms with Gasteiger partial charge in [0.2, 0.25) is 5.91 Å². The van der Waals surface area contributed by atoms with E-state index in [1.807, 2.05) is 10.8 Å². The number of halogens is 2. The zero-order valence-electron chi connectivity index (χ0n) is 14.7. The van der Waals surface area contributed by atoms with Crippen LogP contribution in [-0.2, 0) is 21.2 Å². The molecule has 0 saturated carbocycles. The summed E-state index contributed by atoms with van der Waals surface area (Å²) in [4.78, 5) is 16.4. The van der Waals surface area contributed by atoms with Crippen molar-refractivity contribution >= 4 is 56.1 Å². The molecule has 0 fully saturated rings. The molecule has 0 bridgehead atoms. The summed E-state index contributed by atoms with van der Waals surface area (Å²) in [5.74, 6) is -0.685. The van der Waals surface area contributed by atoms with E-state index >= 15 is 0 Å². The molecule has 3 rings (SSSR count). The summed E-state index contributed by atoms with van der Waals surface area (Å²) >= 11 is 12.5. The molecule has 0 spiro atoms. The fraction of sp³-hybridized carbons (Fsp3) is 0.250. The monoisotopic (exact) mass is 457 g/mol. The number of nitrogens with one attached hydrogen (secondary N) is 1. The molecular weight excluding hydrogens is 445 g/mol. The van der Waals surface area contributed by atoms with Crippen molar-refractivity contribution in [3.8, 4) is 6.07 Å². The molecule has 0 atom stereocenters. The number of aromatic nitrogens is 3. The maximum absolute atomic E-state index is 12.3. The second kappa shape index (κ2) is 7.67. The van der Waals surface area contributed by atoms with Gasteiger partial charge in [0.1, 0.15) is 20.9 Å². The minimum atomic E-state index is -4.10. The number of nitrogens with zero attached hydrogens (tertiary/aromatic N) is 4. The Kier molecular flexibility index (Phi) is 5.63. The zero-order chi connectivity index (χ0) is 20.6. The number of nitriles is 1. The molecule has 1 N–H and O–H groups in total. The number of hydrogen-bond acceptors (Lipinski definition) is 7. The highest BCUT2D eigenvalue weighted by atomic mass is 35.5. The van der Waals surface area contributed by atoms with E-state index < -0.39 is 15.9 Å². The van der Waals surface area contributed by atoms with E-state index in [0.29, 0.717) is 16.9 Å². The average molecular weight is 458 g/mol. The minimum absolute atomic E-state index is 0.0152. The normalized spacial score (nSPS) is 11.5. The number of carbonyl (C=O) groups excluding carboxylic acids is 1. The summed E-state index contributed by atoms with van der Waals surface area (Å²) in [6.07, 6.45) is 1.59. The first-order chi connectivity index (χ1) is 13.1. The Bertz CT molecular complexity index is 1240. The van der Waals surface area contributed by atoms with Crippen LogP contribution < -0.4 is 4.72 Å². The third-order valence-electron chi connectivity index (χ3n) is 4.09. The number of fused-ring (bicyclic) bond motifs is 1. The van der Waals surface area contributed by atoms with Crippen LogP contribution in [0.5, 0.6) is 0 Å². The van der Waals surface area contributed by atoms with Gasteiger partial charge in [0.05, 0.1) is 10.5 Å². The van der Waals surface area contributed by atoms with Gasteiger partial charge < -0.3 is 0 Å². The van der Waals surface area contributed by atoms with Crippen molar-refractivity contribution in [2.75, 3.05) is 0 Å². The van der Waals surface area contributed by atoms with Gasteiger partial charge in [0.15, 0.2) is 5.65 Å². The SMILES string of the molecule is Cc1nc2c(C#N)cnn2c(C)c1CCC(=O)NS(=O)(=O)c1cc(Cl)sc1Cl. The molecule has 0 aliphatic carbocycles. The number of carbonyl (C=O) groups is 1. The Morgan fingerprint density at radius 1 is 1.39 bits per heavy atom. The van der Waals surface area contributed by atoms with Crippen LogP contribution in [0.2, 0.25) is 8.67 Å². The molecule has 0 unspecified atom stereocenters. The van der Waals surface area contributed by atoms with Crippen molar-refractivity contribution < 1.29 is 13.2 Å². The summed E-state index contributed by atoms with van der Waals surface area (Å²) in [5, 5.41) is 13.2. The molecule has 12 heteroatoms. The second-order valence-corrected chi connectivity index (χ2v) is 9.82. The lowest BCUT2D eigenvalue weighted by molar-refractivity contribution is -0.119. The molecule has 3 aromatic heterocycles. The van der Waals surface area contributed by atoms with Gasteiger partial charge >= 0.3 is 0 Å². The van der Waals surface area contributed by atoms with Gasteiger partial charge in [-0.1, -0.05) is 23.2 Å². The number of thiophene rings is 1. The molecule has 3 aromatic rings. The van der Waals surface area contributed by atoms with Gasteiger partial charge in [-0.2, -0.15) is 10.4 Å². The average Bonchev–Trinajstić information content (AvgIpc) is 3.17. The fourth-order valence-electron chi connectivity index (χ4n) is 2.75. The third-order valence-corrected chi connectivity index (χ3v) is 7.22. The number of hydrogen-bond donors (Lipinski definition) is 1. The first-order valence-electron chi connectivity index (χ1n) is 7.88. The van der Waals surface area contributed by atoms with Crippen LogP contribution in [0.3, 0.4) is 0 Å². The Morgan fingerprint density at radius 3 is 2.71 bits per heavy atom. The van der Waals surface area contributed by atoms with Gasteiger partial charge in [-0.15, -0.1) is 11.3 Å². The maximum Gasteiger partial charge on any atom is 0.266 e. The van der Waals surface area contributed by atoms with Gasteiger partial charge in [-0.25, -0.2) is 22.6 Å². The molecular formula is C16H13Cl2N5O3S2. The Hall–Kier alpha value is -2.19. The van der Waals surface area contributed by atoms with E-state index in [2.05, 4.69) is 10.1 Å². The van der Waals surface area contributed by atoms with E-state index in [4.69, 9.17) is 28.5 Å². The van der Waals surface area contributed by atoms with Gasteiger partial charge in [-0.05, 0) is 31.9 Å². The number of sulfonamides is 1. The Morgan fingerprint density at radius 2 is 2.11 bits per heavy atom. The quantitative estimate of drug-likeness (QED) is 0.628. The Labute approximate surface area is 174 Å². The largest absolute Gasteiger partial charge is 0.274 e. The molecule has 146 valence electrons. The van der Waals surface area contributed by atoms with Crippen LogP contribution in [-0.4, -0.2) is 28.9 Å². The van der Waals surface area contributed by atoms with Crippen molar-refractivity contribution in [2.24, 2.45) is 0 Å². The second-order valence-electron chi connectivity index (χ2n) is 5.88. The third kappa shape index (κ3) is 3.84. The number of rotatable bonds is 5. The standard InChI is InChI=1S/C16H13Cl2N5O3S2/c1-8-11(9(2)23-16(21-8)10(6-19)7-20-23)3-4-14(24)22-28(25,26)12-5-13(17)27-15(12)18/h5,7H,3-4H2,1-2H3,(H,22,24). The number of amides is 1. The first kappa shape index (κ1) is 20.5. The molecule has 0 aliphatic rings. The predicted octanol–water partition coefficient (Wildman–Crippen LogP) is 3.02. The van der Waals surface area contributed by atoms with Crippen LogP contribution in [0.25, 0.3) is 5.65 Å². The highest BCUT2D eigenvalue weighted by molar-refractivity contribution is 7.90. The van der Waals surface area contributed by atoms with Gasteiger partial charge in [-0.3, -0.25) is 4.79 Å². The van der Waals surface area contributed by atoms with Crippen LogP contribution in [0.4, 0.5) is 0 Å². The van der Waals surface area contributed by atoms with Crippen LogP contribution in [0.15, 0.2) is 17.2 Å². The van der Waals surface area contributed by atoms with Crippen molar-refractivity contribution in [3.05, 3.63) is 43.5 Å². The first-order valence-corrected chi connectivity index (χ1v) is 10.9. The molecule has 0 radical (unpaired) electrons. The van der Waals surface area contributed by atoms with Crippen molar-refractivity contribution in [3.63, 3.8) is 0 Å². The molecule has 0 aliphatic heterocycles. The number of aryl methyl sites for hydroxylation is 2. The zero-order valence-corrected chi connectivity index (χ0v) is 17.8. The summed E-state index contributed by atoms with van der Waals surface area (Å²) in [5.41, 5.74) is 2.92. The van der Waals surface area contributed by atoms with Crippen LogP contribution >= 0.6 is 34.5 Å². The highest BCUT2D eigenvalue weighted by Gasteiger charge is 2.23. The summed E-state index contributed by atoms with van der Waals surface area (Å²) in [6, 6.07) is 3.22. The van der Waals surface area contributed by atoms with E-state index in [0.717, 1.165) is 22.6 Å². The minimum Gasteiger partial charge on any atom is -0.274 e. The fourth-order valence-corrected chi connectivity index (χ4v) is 5.92. The van der Waals surface area contributed by atoms with Crippen molar-refractivity contribution in [1.29, 1.82) is 5.26 Å². The lowest BCUT2D eigenvalue weighted by Gasteiger charge is -2.11. The van der Waals surface area contributed by atoms with E-state index in [9.17, 15) is 13.2 Å². The smallest absolute Gasteiger partial charge is 0.266 e. The highest BCUT2D eigenvalue weighted by Crippen LogP contribution is 2.34.